The zero-order valence-electron chi connectivity index (χ0n) is 8.83. The predicted molar refractivity (Wildman–Crippen MR) is 56.0 cm³/mol. The summed E-state index contributed by atoms with van der Waals surface area (Å²) in [5.74, 6) is 1.14. The van der Waals surface area contributed by atoms with Gasteiger partial charge in [-0.15, -0.1) is 10.2 Å². The predicted octanol–water partition coefficient (Wildman–Crippen LogP) is 1.35. The molecule has 1 unspecified atom stereocenters. The van der Waals surface area contributed by atoms with Gasteiger partial charge in [-0.2, -0.15) is 0 Å². The molecule has 0 aromatic carbocycles. The third kappa shape index (κ3) is 2.38. The summed E-state index contributed by atoms with van der Waals surface area (Å²) in [7, 11) is 1.52. The number of aliphatic hydroxyl groups is 1. The maximum atomic E-state index is 9.85. The molecule has 2 rings (SSSR count). The van der Waals surface area contributed by atoms with Gasteiger partial charge >= 0.3 is 0 Å². The number of methoxy groups -OCH3 is 1. The van der Waals surface area contributed by atoms with E-state index in [0.29, 0.717) is 23.8 Å². The Balaban J connectivity index is 2.05. The zero-order chi connectivity index (χ0) is 11.4. The van der Waals surface area contributed by atoms with Crippen molar-refractivity contribution < 1.29 is 14.3 Å². The molecule has 0 saturated carbocycles. The van der Waals surface area contributed by atoms with E-state index in [-0.39, 0.29) is 0 Å². The molecule has 0 saturated heterocycles. The van der Waals surface area contributed by atoms with Crippen LogP contribution in [0.3, 0.4) is 0 Å². The molecule has 1 atom stereocenters. The Morgan fingerprint density at radius 1 is 1.38 bits per heavy atom. The summed E-state index contributed by atoms with van der Waals surface area (Å²) >= 11 is 0. The Morgan fingerprint density at radius 2 is 2.25 bits per heavy atom. The van der Waals surface area contributed by atoms with E-state index in [0.717, 1.165) is 0 Å². The first-order chi connectivity index (χ1) is 7.79. The lowest BCUT2D eigenvalue weighted by Gasteiger charge is -2.07. The summed E-state index contributed by atoms with van der Waals surface area (Å²) in [5.41, 5.74) is 0.497. The Hall–Kier alpha value is -1.88. The van der Waals surface area contributed by atoms with E-state index in [1.165, 1.54) is 7.11 Å². The smallest absolute Gasteiger partial charge is 0.233 e. The fraction of sp³-hybridized carbons (Fsp3) is 0.273. The van der Waals surface area contributed by atoms with E-state index in [1.54, 1.807) is 30.5 Å². The second kappa shape index (κ2) is 4.76. The third-order valence-electron chi connectivity index (χ3n) is 2.19. The molecule has 84 valence electrons. The summed E-state index contributed by atoms with van der Waals surface area (Å²) in [6, 6.07) is 6.93. The first-order valence-corrected chi connectivity index (χ1v) is 4.87. The van der Waals surface area contributed by atoms with Crippen molar-refractivity contribution in [2.45, 2.75) is 12.5 Å². The van der Waals surface area contributed by atoms with E-state index in [4.69, 9.17) is 9.15 Å². The molecule has 1 N–H and O–H groups in total. The molecule has 16 heavy (non-hydrogen) atoms. The van der Waals surface area contributed by atoms with Crippen LogP contribution in [0.5, 0.6) is 5.88 Å². The van der Waals surface area contributed by atoms with Crippen molar-refractivity contribution in [1.82, 2.24) is 10.2 Å². The highest BCUT2D eigenvalue weighted by Crippen LogP contribution is 2.17. The summed E-state index contributed by atoms with van der Waals surface area (Å²) < 4.78 is 10.0. The van der Waals surface area contributed by atoms with Crippen molar-refractivity contribution >= 4 is 0 Å². The molecule has 0 fully saturated rings. The lowest BCUT2D eigenvalue weighted by molar-refractivity contribution is 0.164. The van der Waals surface area contributed by atoms with Crippen LogP contribution in [0.2, 0.25) is 0 Å². The minimum Gasteiger partial charge on any atom is -0.480 e. The summed E-state index contributed by atoms with van der Waals surface area (Å²) in [4.78, 5) is 0. The lowest BCUT2D eigenvalue weighted by atomic mass is 10.1. The van der Waals surface area contributed by atoms with Crippen LogP contribution in [0.15, 0.2) is 34.9 Å². The quantitative estimate of drug-likeness (QED) is 0.842. The van der Waals surface area contributed by atoms with E-state index in [9.17, 15) is 5.11 Å². The highest BCUT2D eigenvalue weighted by molar-refractivity contribution is 5.14. The van der Waals surface area contributed by atoms with Gasteiger partial charge in [0.25, 0.3) is 0 Å². The number of furan rings is 1. The number of ether oxygens (including phenoxy) is 1. The van der Waals surface area contributed by atoms with Crippen molar-refractivity contribution in [3.8, 4) is 5.88 Å². The van der Waals surface area contributed by atoms with E-state index in [2.05, 4.69) is 10.2 Å². The number of nitrogens with zero attached hydrogens (tertiary/aromatic N) is 2. The topological polar surface area (TPSA) is 68.4 Å². The van der Waals surface area contributed by atoms with Crippen LogP contribution in [0.25, 0.3) is 0 Å². The molecule has 0 radical (unpaired) electrons. The average Bonchev–Trinajstić information content (AvgIpc) is 2.82. The average molecular weight is 220 g/mol. The maximum absolute atomic E-state index is 9.85. The molecule has 2 aromatic heterocycles. The maximum Gasteiger partial charge on any atom is 0.233 e. The van der Waals surface area contributed by atoms with Gasteiger partial charge in [-0.25, -0.2) is 0 Å². The van der Waals surface area contributed by atoms with Gasteiger partial charge < -0.3 is 14.3 Å². The Morgan fingerprint density at radius 3 is 2.81 bits per heavy atom. The number of aromatic nitrogens is 2. The lowest BCUT2D eigenvalue weighted by Crippen LogP contribution is -2.05. The van der Waals surface area contributed by atoms with Crippen LogP contribution >= 0.6 is 0 Å². The molecular weight excluding hydrogens is 208 g/mol. The fourth-order valence-corrected chi connectivity index (χ4v) is 1.34. The van der Waals surface area contributed by atoms with Gasteiger partial charge in [0, 0.05) is 12.5 Å². The highest BCUT2D eigenvalue weighted by atomic mass is 16.5. The third-order valence-corrected chi connectivity index (χ3v) is 2.19. The number of hydrogen-bond acceptors (Lipinski definition) is 5. The van der Waals surface area contributed by atoms with E-state index >= 15 is 0 Å². The van der Waals surface area contributed by atoms with E-state index < -0.39 is 6.10 Å². The van der Waals surface area contributed by atoms with Gasteiger partial charge in [-0.05, 0) is 18.2 Å². The van der Waals surface area contributed by atoms with Crippen molar-refractivity contribution in [2.24, 2.45) is 0 Å². The van der Waals surface area contributed by atoms with Gasteiger partial charge in [0.15, 0.2) is 0 Å². The highest BCUT2D eigenvalue weighted by Gasteiger charge is 2.12. The first kappa shape index (κ1) is 10.6. The summed E-state index contributed by atoms with van der Waals surface area (Å²) in [6.45, 7) is 0. The van der Waals surface area contributed by atoms with E-state index in [1.807, 2.05) is 0 Å². The van der Waals surface area contributed by atoms with Crippen molar-refractivity contribution in [1.29, 1.82) is 0 Å². The van der Waals surface area contributed by atoms with Gasteiger partial charge in [0.1, 0.15) is 11.9 Å². The minimum absolute atomic E-state index is 0.383. The normalized spacial score (nSPS) is 12.4. The second-order valence-corrected chi connectivity index (χ2v) is 3.30. The molecule has 5 heteroatoms. The molecule has 0 aliphatic carbocycles. The number of aliphatic hydroxyl groups excluding tert-OH is 1. The second-order valence-electron chi connectivity index (χ2n) is 3.30. The molecule has 0 spiro atoms. The largest absolute Gasteiger partial charge is 0.480 e. The van der Waals surface area contributed by atoms with Gasteiger partial charge in [0.2, 0.25) is 5.88 Å². The molecular formula is C11H12N2O3. The van der Waals surface area contributed by atoms with Crippen LogP contribution < -0.4 is 4.74 Å². The first-order valence-electron chi connectivity index (χ1n) is 4.87. The van der Waals surface area contributed by atoms with Crippen LogP contribution in [0.4, 0.5) is 0 Å². The molecule has 0 amide bonds. The Bertz CT molecular complexity index is 425. The Labute approximate surface area is 92.7 Å². The van der Waals surface area contributed by atoms with Gasteiger partial charge in [-0.1, -0.05) is 0 Å². The monoisotopic (exact) mass is 220 g/mol. The van der Waals surface area contributed by atoms with Crippen LogP contribution in [-0.2, 0) is 6.42 Å². The van der Waals surface area contributed by atoms with Crippen LogP contribution in [0.1, 0.15) is 17.6 Å². The molecule has 5 nitrogen and oxygen atoms in total. The fourth-order valence-electron chi connectivity index (χ4n) is 1.34. The van der Waals surface area contributed by atoms with Crippen molar-refractivity contribution in [2.75, 3.05) is 7.11 Å². The summed E-state index contributed by atoms with van der Waals surface area (Å²) in [6.07, 6.45) is 1.24. The van der Waals surface area contributed by atoms with Crippen molar-refractivity contribution in [3.05, 3.63) is 42.0 Å². The molecule has 0 aliphatic heterocycles. The minimum atomic E-state index is -0.718. The Kier molecular flexibility index (Phi) is 3.16. The van der Waals surface area contributed by atoms with Gasteiger partial charge in [-0.3, -0.25) is 0 Å². The number of hydrogen-bond donors (Lipinski definition) is 1. The molecule has 2 heterocycles. The van der Waals surface area contributed by atoms with Crippen molar-refractivity contribution in [3.63, 3.8) is 0 Å². The van der Waals surface area contributed by atoms with Crippen LogP contribution in [0, 0.1) is 0 Å². The number of rotatable bonds is 4. The zero-order valence-corrected chi connectivity index (χ0v) is 8.83. The molecule has 0 aliphatic rings. The summed E-state index contributed by atoms with van der Waals surface area (Å²) in [5, 5.41) is 17.5. The van der Waals surface area contributed by atoms with Gasteiger partial charge in [0.05, 0.1) is 19.1 Å². The SMILES string of the molecule is COc1ccc(C(O)Cc2ccco2)nn1. The molecule has 0 bridgehead atoms. The van der Waals surface area contributed by atoms with Crippen LogP contribution in [-0.4, -0.2) is 22.4 Å². The standard InChI is InChI=1S/C11H12N2O3/c1-15-11-5-4-9(12-13-11)10(14)7-8-3-2-6-16-8/h2-6,10,14H,7H2,1H3. The molecule has 2 aromatic rings.